The van der Waals surface area contributed by atoms with Crippen LogP contribution in [0.15, 0.2) is 61.1 Å². The third-order valence-electron chi connectivity index (χ3n) is 9.33. The molecule has 7 rings (SSSR count). The second-order valence-electron chi connectivity index (χ2n) is 12.6. The standard InChI is InChI=1S/C36H38Cl2N10O3/c1-46-29-12-16-47(17-18-48-15-4-13-41-48)21-28(29)43-34(46)35(50)44-27-6-3-5-25(31(27)37)33-32(38)24(11-14-40-33)26-9-7-22(36(45-26)51-2)19-39-20-23-8-10-30(49)42-23/h3-7,9,11,13-15,23,39H,8,10,12,16-21H2,1-2H3,(H,42,49)(H,44,50)/t23-/m0/s1. The van der Waals surface area contributed by atoms with Crippen molar-refractivity contribution in [3.05, 3.63) is 93.9 Å². The maximum atomic E-state index is 13.6. The number of rotatable bonds is 12. The van der Waals surface area contributed by atoms with E-state index >= 15 is 0 Å². The molecule has 2 aliphatic rings. The lowest BCUT2D eigenvalue weighted by molar-refractivity contribution is -0.119. The van der Waals surface area contributed by atoms with Gasteiger partial charge in [-0.05, 0) is 30.7 Å². The first-order valence-electron chi connectivity index (χ1n) is 16.8. The topological polar surface area (TPSA) is 144 Å². The number of benzene rings is 1. The number of halogens is 2. The third kappa shape index (κ3) is 7.47. The molecule has 4 aromatic heterocycles. The van der Waals surface area contributed by atoms with E-state index in [9.17, 15) is 9.59 Å². The van der Waals surface area contributed by atoms with Gasteiger partial charge in [0.25, 0.3) is 5.91 Å². The van der Waals surface area contributed by atoms with Crippen LogP contribution >= 0.6 is 23.2 Å². The van der Waals surface area contributed by atoms with Gasteiger partial charge in [-0.25, -0.2) is 9.97 Å². The number of carbonyl (C=O) groups is 2. The first-order chi connectivity index (χ1) is 24.8. The molecule has 1 saturated heterocycles. The van der Waals surface area contributed by atoms with Gasteiger partial charge in [0.2, 0.25) is 11.8 Å². The normalized spacial score (nSPS) is 15.8. The molecular formula is C36H38Cl2N10O3. The predicted octanol–water partition coefficient (Wildman–Crippen LogP) is 4.73. The Bertz CT molecular complexity index is 2070. The molecular weight excluding hydrogens is 691 g/mol. The zero-order valence-electron chi connectivity index (χ0n) is 28.3. The number of ether oxygens (including phenoxy) is 1. The van der Waals surface area contributed by atoms with Crippen LogP contribution in [0.25, 0.3) is 22.5 Å². The summed E-state index contributed by atoms with van der Waals surface area (Å²) in [6.45, 7) is 4.36. The van der Waals surface area contributed by atoms with Crippen molar-refractivity contribution in [2.75, 3.05) is 32.1 Å². The average molecular weight is 730 g/mol. The molecule has 5 aromatic rings. The Morgan fingerprint density at radius 2 is 1.92 bits per heavy atom. The highest BCUT2D eigenvalue weighted by molar-refractivity contribution is 6.39. The highest BCUT2D eigenvalue weighted by Gasteiger charge is 2.26. The Labute approximate surface area is 305 Å². The Morgan fingerprint density at radius 3 is 2.71 bits per heavy atom. The van der Waals surface area contributed by atoms with Gasteiger partial charge in [-0.1, -0.05) is 41.4 Å². The summed E-state index contributed by atoms with van der Waals surface area (Å²) in [4.78, 5) is 41.5. The SMILES string of the molecule is COc1nc(-c2ccnc(-c3cccc(NC(=O)c4nc5c(n4C)CCN(CCn4cccn4)C5)c3Cl)c2Cl)ccc1CNC[C@@H]1CCC(=O)N1. The summed E-state index contributed by atoms with van der Waals surface area (Å²) < 4.78 is 9.40. The average Bonchev–Trinajstić information content (AvgIpc) is 3.89. The number of nitrogens with zero attached hydrogens (tertiary/aromatic N) is 7. The maximum absolute atomic E-state index is 13.6. The number of carbonyl (C=O) groups excluding carboxylic acids is 2. The van der Waals surface area contributed by atoms with Gasteiger partial charge in [0.1, 0.15) is 0 Å². The van der Waals surface area contributed by atoms with E-state index in [0.29, 0.717) is 76.0 Å². The fourth-order valence-corrected chi connectivity index (χ4v) is 7.19. The number of pyridine rings is 2. The van der Waals surface area contributed by atoms with Gasteiger partial charge in [0.15, 0.2) is 5.82 Å². The van der Waals surface area contributed by atoms with Crippen LogP contribution in [0.3, 0.4) is 0 Å². The van der Waals surface area contributed by atoms with Crippen LogP contribution in [0.1, 0.15) is 40.4 Å². The number of nitrogens with one attached hydrogen (secondary N) is 3. The first-order valence-corrected chi connectivity index (χ1v) is 17.6. The zero-order valence-corrected chi connectivity index (χ0v) is 29.8. The predicted molar refractivity (Wildman–Crippen MR) is 195 cm³/mol. The minimum atomic E-state index is -0.360. The van der Waals surface area contributed by atoms with Gasteiger partial charge >= 0.3 is 0 Å². The molecule has 13 nitrogen and oxygen atoms in total. The molecule has 1 fully saturated rings. The quantitative estimate of drug-likeness (QED) is 0.166. The number of methoxy groups -OCH3 is 1. The molecule has 264 valence electrons. The highest BCUT2D eigenvalue weighted by Crippen LogP contribution is 2.40. The molecule has 0 spiro atoms. The lowest BCUT2D eigenvalue weighted by atomic mass is 10.1. The highest BCUT2D eigenvalue weighted by atomic mass is 35.5. The number of hydrogen-bond donors (Lipinski definition) is 3. The van der Waals surface area contributed by atoms with E-state index < -0.39 is 0 Å². The van der Waals surface area contributed by atoms with Crippen LogP contribution in [-0.2, 0) is 37.9 Å². The Morgan fingerprint density at radius 1 is 1.04 bits per heavy atom. The zero-order chi connectivity index (χ0) is 35.5. The molecule has 2 aliphatic heterocycles. The number of anilines is 1. The van der Waals surface area contributed by atoms with Crippen molar-refractivity contribution in [2.45, 2.75) is 44.9 Å². The van der Waals surface area contributed by atoms with Crippen LogP contribution < -0.4 is 20.7 Å². The molecule has 0 saturated carbocycles. The van der Waals surface area contributed by atoms with Crippen molar-refractivity contribution >= 4 is 40.7 Å². The number of imidazole rings is 1. The Kier molecular flexibility index (Phi) is 10.3. The van der Waals surface area contributed by atoms with Crippen LogP contribution in [0, 0.1) is 0 Å². The van der Waals surface area contributed by atoms with E-state index in [2.05, 4.69) is 30.9 Å². The van der Waals surface area contributed by atoms with Crippen molar-refractivity contribution in [1.82, 2.24) is 44.8 Å². The lowest BCUT2D eigenvalue weighted by Gasteiger charge is -2.26. The molecule has 0 bridgehead atoms. The van der Waals surface area contributed by atoms with Gasteiger partial charge in [-0.2, -0.15) is 5.10 Å². The van der Waals surface area contributed by atoms with Gasteiger partial charge < -0.3 is 25.3 Å². The van der Waals surface area contributed by atoms with Crippen molar-refractivity contribution < 1.29 is 14.3 Å². The number of fused-ring (bicyclic) bond motifs is 1. The molecule has 51 heavy (non-hydrogen) atoms. The molecule has 0 radical (unpaired) electrons. The van der Waals surface area contributed by atoms with Crippen molar-refractivity contribution in [1.29, 1.82) is 0 Å². The molecule has 0 aliphatic carbocycles. The van der Waals surface area contributed by atoms with Crippen molar-refractivity contribution in [3.63, 3.8) is 0 Å². The van der Waals surface area contributed by atoms with E-state index in [1.807, 2.05) is 46.8 Å². The van der Waals surface area contributed by atoms with E-state index in [1.165, 1.54) is 0 Å². The van der Waals surface area contributed by atoms with E-state index in [0.717, 1.165) is 49.4 Å². The van der Waals surface area contributed by atoms with Crippen LogP contribution in [0.2, 0.25) is 10.0 Å². The van der Waals surface area contributed by atoms with Crippen LogP contribution in [0.4, 0.5) is 5.69 Å². The first kappa shape index (κ1) is 34.6. The summed E-state index contributed by atoms with van der Waals surface area (Å²) in [5, 5.41) is 14.2. The molecule has 6 heterocycles. The van der Waals surface area contributed by atoms with E-state index in [4.69, 9.17) is 37.9 Å². The minimum Gasteiger partial charge on any atom is -0.481 e. The summed E-state index contributed by atoms with van der Waals surface area (Å²) in [6, 6.07) is 13.0. The van der Waals surface area contributed by atoms with Gasteiger partial charge in [0, 0.05) is 99.6 Å². The summed E-state index contributed by atoms with van der Waals surface area (Å²) in [5.74, 6) is 0.508. The van der Waals surface area contributed by atoms with Crippen molar-refractivity contribution in [2.24, 2.45) is 7.05 Å². The fraction of sp³-hybridized carbons (Fsp3) is 0.333. The second-order valence-corrected chi connectivity index (χ2v) is 13.4. The summed E-state index contributed by atoms with van der Waals surface area (Å²) in [6.07, 6.45) is 7.56. The summed E-state index contributed by atoms with van der Waals surface area (Å²) >= 11 is 13.9. The monoisotopic (exact) mass is 728 g/mol. The summed E-state index contributed by atoms with van der Waals surface area (Å²) in [7, 11) is 3.45. The molecule has 1 aromatic carbocycles. The molecule has 3 N–H and O–H groups in total. The molecule has 1 atom stereocenters. The molecule has 0 unspecified atom stereocenters. The summed E-state index contributed by atoms with van der Waals surface area (Å²) in [5.41, 5.74) is 5.50. The van der Waals surface area contributed by atoms with Crippen LogP contribution in [-0.4, -0.2) is 78.8 Å². The lowest BCUT2D eigenvalue weighted by Crippen LogP contribution is -2.35. The van der Waals surface area contributed by atoms with E-state index in [1.54, 1.807) is 37.7 Å². The number of aromatic nitrogens is 6. The van der Waals surface area contributed by atoms with Crippen LogP contribution in [0.5, 0.6) is 5.88 Å². The second kappa shape index (κ2) is 15.2. The Balaban J connectivity index is 1.06. The van der Waals surface area contributed by atoms with Gasteiger partial charge in [0.05, 0.1) is 46.5 Å². The molecule has 15 heteroatoms. The number of hydrogen-bond acceptors (Lipinski definition) is 9. The largest absolute Gasteiger partial charge is 0.481 e. The minimum absolute atomic E-state index is 0.0879. The van der Waals surface area contributed by atoms with Gasteiger partial charge in [-0.15, -0.1) is 0 Å². The fourth-order valence-electron chi connectivity index (χ4n) is 6.61. The number of amides is 2. The smallest absolute Gasteiger partial charge is 0.291 e. The molecule has 2 amide bonds. The maximum Gasteiger partial charge on any atom is 0.291 e. The third-order valence-corrected chi connectivity index (χ3v) is 10.1. The van der Waals surface area contributed by atoms with Crippen molar-refractivity contribution in [3.8, 4) is 28.4 Å². The Hall–Kier alpha value is -4.82. The van der Waals surface area contributed by atoms with Gasteiger partial charge in [-0.3, -0.25) is 24.2 Å². The van der Waals surface area contributed by atoms with E-state index in [-0.39, 0.29) is 17.9 Å².